The highest BCUT2D eigenvalue weighted by atomic mass is 16.5. The second-order valence-corrected chi connectivity index (χ2v) is 9.01. The maximum Gasteiger partial charge on any atom is 0.264 e. The van der Waals surface area contributed by atoms with E-state index in [1.807, 2.05) is 54.4 Å². The minimum absolute atomic E-state index is 0.200. The van der Waals surface area contributed by atoms with Gasteiger partial charge in [-0.05, 0) is 49.1 Å². The molecule has 2 aromatic carbocycles. The zero-order chi connectivity index (χ0) is 24.9. The fraction of sp³-hybridized carbons (Fsp3) is 0.357. The Hall–Kier alpha value is -3.74. The molecular formula is C28H33N3O4. The molecule has 1 amide bonds. The van der Waals surface area contributed by atoms with Crippen LogP contribution in [0.1, 0.15) is 53.7 Å². The maximum absolute atomic E-state index is 13.5. The van der Waals surface area contributed by atoms with Gasteiger partial charge in [0.15, 0.2) is 5.75 Å². The monoisotopic (exact) mass is 475 g/mol. The van der Waals surface area contributed by atoms with E-state index in [2.05, 4.69) is 24.0 Å². The molecule has 7 nitrogen and oxygen atoms in total. The number of ether oxygens (including phenoxy) is 1. The van der Waals surface area contributed by atoms with Gasteiger partial charge in [0.25, 0.3) is 11.5 Å². The lowest BCUT2D eigenvalue weighted by molar-refractivity contribution is 0.0786. The van der Waals surface area contributed by atoms with Crippen LogP contribution in [0.2, 0.25) is 0 Å². The normalized spacial score (nSPS) is 15.3. The highest BCUT2D eigenvalue weighted by molar-refractivity contribution is 5.99. The molecule has 1 aliphatic heterocycles. The number of carbonyl (C=O) groups excluding carboxylic acids is 1. The molecule has 4 rings (SSSR count). The van der Waals surface area contributed by atoms with Crippen LogP contribution in [0.15, 0.2) is 59.4 Å². The Bertz CT molecular complexity index is 1220. The predicted octanol–water partition coefficient (Wildman–Crippen LogP) is 4.83. The molecule has 1 fully saturated rings. The van der Waals surface area contributed by atoms with Crippen molar-refractivity contribution in [2.75, 3.05) is 32.1 Å². The van der Waals surface area contributed by atoms with Crippen LogP contribution < -0.4 is 15.2 Å². The number of likely N-dealkylation sites (tertiary alicyclic amines) is 1. The van der Waals surface area contributed by atoms with E-state index in [0.29, 0.717) is 30.9 Å². The third-order valence-corrected chi connectivity index (χ3v) is 6.77. The third-order valence-electron chi connectivity index (χ3n) is 6.77. The molecule has 1 aliphatic rings. The molecule has 2 heterocycles. The summed E-state index contributed by atoms with van der Waals surface area (Å²) in [6.45, 7) is 3.13. The zero-order valence-corrected chi connectivity index (χ0v) is 20.6. The van der Waals surface area contributed by atoms with Crippen LogP contribution in [0.3, 0.4) is 0 Å². The van der Waals surface area contributed by atoms with Gasteiger partial charge >= 0.3 is 0 Å². The van der Waals surface area contributed by atoms with Gasteiger partial charge in [-0.2, -0.15) is 0 Å². The minimum atomic E-state index is -0.548. The summed E-state index contributed by atoms with van der Waals surface area (Å²) >= 11 is 0. The number of aromatic hydroxyl groups is 1. The Morgan fingerprint density at radius 1 is 1.17 bits per heavy atom. The molecule has 1 aromatic heterocycles. The summed E-state index contributed by atoms with van der Waals surface area (Å²) in [5, 5.41) is 11.4. The summed E-state index contributed by atoms with van der Waals surface area (Å²) < 4.78 is 5.25. The van der Waals surface area contributed by atoms with E-state index in [4.69, 9.17) is 4.74 Å². The molecule has 184 valence electrons. The van der Waals surface area contributed by atoms with Crippen molar-refractivity contribution in [1.29, 1.82) is 0 Å². The van der Waals surface area contributed by atoms with Crippen LogP contribution in [0.25, 0.3) is 0 Å². The summed E-state index contributed by atoms with van der Waals surface area (Å²) in [5.74, 6) is 0.225. The Morgan fingerprint density at radius 3 is 2.54 bits per heavy atom. The molecule has 0 radical (unpaired) electrons. The number of nitrogens with zero attached hydrogens (tertiary/aromatic N) is 2. The quantitative estimate of drug-likeness (QED) is 0.487. The van der Waals surface area contributed by atoms with E-state index < -0.39 is 11.5 Å². The number of methoxy groups -OCH3 is 1. The number of anilines is 2. The number of unbranched alkanes of at least 4 members (excludes halogenated alkanes) is 1. The number of rotatable bonds is 8. The summed E-state index contributed by atoms with van der Waals surface area (Å²) in [5.41, 5.74) is 2.30. The van der Waals surface area contributed by atoms with Gasteiger partial charge in [-0.15, -0.1) is 0 Å². The predicted molar refractivity (Wildman–Crippen MR) is 138 cm³/mol. The SMILES string of the molecule is CCCCc1[nH]c(=O)c(C(=O)N2CC[C@H](c3ccccc3)C2)c(O)c1N(C)c1ccc(OC)cc1. The number of aromatic nitrogens is 1. The molecule has 7 heteroatoms. The molecular weight excluding hydrogens is 442 g/mol. The number of H-pyrrole nitrogens is 1. The average Bonchev–Trinajstić information content (AvgIpc) is 3.38. The van der Waals surface area contributed by atoms with Crippen molar-refractivity contribution < 1.29 is 14.6 Å². The molecule has 1 saturated heterocycles. The number of amides is 1. The van der Waals surface area contributed by atoms with E-state index in [1.165, 1.54) is 5.56 Å². The van der Waals surface area contributed by atoms with Gasteiger partial charge in [-0.1, -0.05) is 43.7 Å². The standard InChI is InChI=1S/C28H33N3O4/c1-4-5-11-23-25(30(2)21-12-14-22(35-3)15-13-21)26(32)24(27(33)29-23)28(34)31-17-16-20(18-31)19-9-7-6-8-10-19/h6-10,12-15,20H,4-5,11,16-18H2,1-3H3,(H2,29,32,33)/t20-/m0/s1. The molecule has 35 heavy (non-hydrogen) atoms. The van der Waals surface area contributed by atoms with Crippen molar-refractivity contribution in [3.63, 3.8) is 0 Å². The highest BCUT2D eigenvalue weighted by Crippen LogP contribution is 2.38. The second-order valence-electron chi connectivity index (χ2n) is 9.01. The van der Waals surface area contributed by atoms with Crippen molar-refractivity contribution in [3.8, 4) is 11.5 Å². The molecule has 0 saturated carbocycles. The maximum atomic E-state index is 13.5. The van der Waals surface area contributed by atoms with Crippen molar-refractivity contribution in [2.45, 2.75) is 38.5 Å². The van der Waals surface area contributed by atoms with Crippen LogP contribution in [0.5, 0.6) is 11.5 Å². The summed E-state index contributed by atoms with van der Waals surface area (Å²) in [7, 11) is 3.42. The van der Waals surface area contributed by atoms with E-state index >= 15 is 0 Å². The zero-order valence-electron chi connectivity index (χ0n) is 20.6. The van der Waals surface area contributed by atoms with E-state index in [-0.39, 0.29) is 17.2 Å². The Balaban J connectivity index is 1.69. The lowest BCUT2D eigenvalue weighted by Gasteiger charge is -2.25. The van der Waals surface area contributed by atoms with Crippen LogP contribution in [0, 0.1) is 0 Å². The largest absolute Gasteiger partial charge is 0.505 e. The third kappa shape index (κ3) is 5.04. The Morgan fingerprint density at radius 2 is 1.89 bits per heavy atom. The lowest BCUT2D eigenvalue weighted by atomic mass is 9.99. The number of hydrogen-bond donors (Lipinski definition) is 2. The average molecular weight is 476 g/mol. The van der Waals surface area contributed by atoms with Crippen molar-refractivity contribution >= 4 is 17.3 Å². The number of aromatic amines is 1. The van der Waals surface area contributed by atoms with Crippen molar-refractivity contribution in [1.82, 2.24) is 9.88 Å². The first-order chi connectivity index (χ1) is 16.9. The Kier molecular flexibility index (Phi) is 7.44. The van der Waals surface area contributed by atoms with Crippen LogP contribution >= 0.6 is 0 Å². The first-order valence-electron chi connectivity index (χ1n) is 12.1. The lowest BCUT2D eigenvalue weighted by Crippen LogP contribution is -2.34. The van der Waals surface area contributed by atoms with Crippen molar-refractivity contribution in [2.24, 2.45) is 0 Å². The molecule has 1 atom stereocenters. The molecule has 0 unspecified atom stereocenters. The van der Waals surface area contributed by atoms with Gasteiger partial charge in [0, 0.05) is 37.4 Å². The van der Waals surface area contributed by atoms with Gasteiger partial charge in [0.1, 0.15) is 17.0 Å². The van der Waals surface area contributed by atoms with Crippen LogP contribution in [-0.2, 0) is 6.42 Å². The van der Waals surface area contributed by atoms with Crippen LogP contribution in [-0.4, -0.2) is 48.1 Å². The molecule has 2 N–H and O–H groups in total. The fourth-order valence-electron chi connectivity index (χ4n) is 4.76. The molecule has 0 bridgehead atoms. The molecule has 0 aliphatic carbocycles. The first kappa shape index (κ1) is 24.4. The highest BCUT2D eigenvalue weighted by Gasteiger charge is 2.33. The number of aryl methyl sites for hydroxylation is 1. The van der Waals surface area contributed by atoms with Crippen LogP contribution in [0.4, 0.5) is 11.4 Å². The Labute approximate surface area is 206 Å². The van der Waals surface area contributed by atoms with E-state index in [1.54, 1.807) is 12.0 Å². The number of carbonyl (C=O) groups is 1. The molecule has 0 spiro atoms. The number of benzene rings is 2. The fourth-order valence-corrected chi connectivity index (χ4v) is 4.76. The summed E-state index contributed by atoms with van der Waals surface area (Å²) in [6, 6.07) is 17.5. The number of nitrogens with one attached hydrogen (secondary N) is 1. The van der Waals surface area contributed by atoms with Gasteiger partial charge in [-0.3, -0.25) is 9.59 Å². The molecule has 3 aromatic rings. The summed E-state index contributed by atoms with van der Waals surface area (Å²) in [4.78, 5) is 33.0. The number of hydrogen-bond acceptors (Lipinski definition) is 5. The van der Waals surface area contributed by atoms with E-state index in [0.717, 1.165) is 30.7 Å². The summed E-state index contributed by atoms with van der Waals surface area (Å²) in [6.07, 6.45) is 3.19. The second kappa shape index (κ2) is 10.7. The minimum Gasteiger partial charge on any atom is -0.505 e. The number of pyridine rings is 1. The van der Waals surface area contributed by atoms with Crippen molar-refractivity contribution in [3.05, 3.63) is 81.8 Å². The van der Waals surface area contributed by atoms with Gasteiger partial charge in [0.05, 0.1) is 7.11 Å². The first-order valence-corrected chi connectivity index (χ1v) is 12.1. The topological polar surface area (TPSA) is 85.9 Å². The smallest absolute Gasteiger partial charge is 0.264 e. The van der Waals surface area contributed by atoms with Gasteiger partial charge in [0.2, 0.25) is 0 Å². The van der Waals surface area contributed by atoms with Gasteiger partial charge < -0.3 is 24.6 Å². The van der Waals surface area contributed by atoms with E-state index in [9.17, 15) is 14.7 Å². The van der Waals surface area contributed by atoms with Gasteiger partial charge in [-0.25, -0.2) is 0 Å².